The third-order valence-electron chi connectivity index (χ3n) is 4.98. The summed E-state index contributed by atoms with van der Waals surface area (Å²) in [6.45, 7) is 2.80. The zero-order valence-corrected chi connectivity index (χ0v) is 16.6. The topological polar surface area (TPSA) is 64.8 Å². The molecule has 150 valence electrons. The molecule has 1 aliphatic rings. The fraction of sp³-hybridized carbons (Fsp3) is 0.304. The van der Waals surface area contributed by atoms with Gasteiger partial charge in [0.2, 0.25) is 0 Å². The van der Waals surface area contributed by atoms with E-state index in [1.807, 2.05) is 36.4 Å². The van der Waals surface area contributed by atoms with Crippen LogP contribution in [0.5, 0.6) is 11.5 Å². The number of aromatic nitrogens is 1. The number of rotatable bonds is 6. The van der Waals surface area contributed by atoms with Crippen LogP contribution >= 0.6 is 0 Å². The third-order valence-corrected chi connectivity index (χ3v) is 4.98. The maximum absolute atomic E-state index is 12.9. The van der Waals surface area contributed by atoms with Crippen LogP contribution in [0, 0.1) is 0 Å². The Hall–Kier alpha value is -3.28. The summed E-state index contributed by atoms with van der Waals surface area (Å²) in [5, 5.41) is 0. The fourth-order valence-electron chi connectivity index (χ4n) is 3.47. The van der Waals surface area contributed by atoms with E-state index in [1.54, 1.807) is 25.0 Å². The minimum atomic E-state index is -0.598. The van der Waals surface area contributed by atoms with Crippen molar-refractivity contribution in [2.75, 3.05) is 13.7 Å². The minimum absolute atomic E-state index is 0.0638. The van der Waals surface area contributed by atoms with Crippen LogP contribution in [-0.2, 0) is 24.2 Å². The van der Waals surface area contributed by atoms with Crippen molar-refractivity contribution in [2.24, 2.45) is 0 Å². The van der Waals surface area contributed by atoms with Gasteiger partial charge < -0.3 is 18.8 Å². The van der Waals surface area contributed by atoms with Gasteiger partial charge in [-0.3, -0.25) is 4.79 Å². The SMILES string of the molecule is COc1cccc(OC(C)C(=O)N2CCc3oc(Cc4ccccc4)nc3C2)c1. The Balaban J connectivity index is 1.40. The number of amides is 1. The Labute approximate surface area is 170 Å². The van der Waals surface area contributed by atoms with Gasteiger partial charge in [-0.1, -0.05) is 36.4 Å². The number of fused-ring (bicyclic) bond motifs is 1. The van der Waals surface area contributed by atoms with Crippen LogP contribution in [0.15, 0.2) is 59.0 Å². The number of methoxy groups -OCH3 is 1. The van der Waals surface area contributed by atoms with Crippen LogP contribution in [-0.4, -0.2) is 35.5 Å². The van der Waals surface area contributed by atoms with Crippen molar-refractivity contribution in [2.45, 2.75) is 32.4 Å². The molecule has 0 saturated heterocycles. The summed E-state index contributed by atoms with van der Waals surface area (Å²) in [4.78, 5) is 19.3. The number of hydrogen-bond acceptors (Lipinski definition) is 5. The van der Waals surface area contributed by atoms with Crippen molar-refractivity contribution in [1.29, 1.82) is 0 Å². The molecule has 0 spiro atoms. The molecule has 29 heavy (non-hydrogen) atoms. The van der Waals surface area contributed by atoms with Crippen LogP contribution in [0.25, 0.3) is 0 Å². The first-order valence-electron chi connectivity index (χ1n) is 9.73. The van der Waals surface area contributed by atoms with Gasteiger partial charge in [0.1, 0.15) is 23.0 Å². The van der Waals surface area contributed by atoms with E-state index in [2.05, 4.69) is 17.1 Å². The second-order valence-corrected chi connectivity index (χ2v) is 7.09. The summed E-state index contributed by atoms with van der Waals surface area (Å²) in [5.74, 6) is 2.80. The lowest BCUT2D eigenvalue weighted by Crippen LogP contribution is -2.43. The Morgan fingerprint density at radius 3 is 2.76 bits per heavy atom. The molecule has 4 rings (SSSR count). The number of nitrogens with zero attached hydrogens (tertiary/aromatic N) is 2. The van der Waals surface area contributed by atoms with Gasteiger partial charge in [-0.05, 0) is 24.6 Å². The largest absolute Gasteiger partial charge is 0.497 e. The normalized spacial score (nSPS) is 14.2. The molecule has 1 aromatic heterocycles. The quantitative estimate of drug-likeness (QED) is 0.641. The first kappa shape index (κ1) is 19.1. The molecule has 1 amide bonds. The Morgan fingerprint density at radius 1 is 1.17 bits per heavy atom. The molecule has 0 fully saturated rings. The molecule has 3 aromatic rings. The van der Waals surface area contributed by atoms with Gasteiger partial charge in [-0.2, -0.15) is 0 Å². The van der Waals surface area contributed by atoms with Crippen molar-refractivity contribution in [3.63, 3.8) is 0 Å². The van der Waals surface area contributed by atoms with E-state index in [4.69, 9.17) is 13.9 Å². The van der Waals surface area contributed by atoms with Crippen molar-refractivity contribution in [3.8, 4) is 11.5 Å². The first-order valence-corrected chi connectivity index (χ1v) is 9.73. The molecule has 2 aromatic carbocycles. The highest BCUT2D eigenvalue weighted by Crippen LogP contribution is 2.24. The molecule has 1 atom stereocenters. The van der Waals surface area contributed by atoms with E-state index < -0.39 is 6.10 Å². The van der Waals surface area contributed by atoms with E-state index in [9.17, 15) is 4.79 Å². The fourth-order valence-corrected chi connectivity index (χ4v) is 3.47. The third kappa shape index (κ3) is 4.42. The molecule has 1 unspecified atom stereocenters. The highest BCUT2D eigenvalue weighted by atomic mass is 16.5. The lowest BCUT2D eigenvalue weighted by Gasteiger charge is -2.28. The predicted octanol–water partition coefficient (Wildman–Crippen LogP) is 3.63. The molecular formula is C23H24N2O4. The van der Waals surface area contributed by atoms with Crippen molar-refractivity contribution < 1.29 is 18.7 Å². The van der Waals surface area contributed by atoms with Crippen molar-refractivity contribution in [3.05, 3.63) is 77.5 Å². The lowest BCUT2D eigenvalue weighted by molar-refractivity contribution is -0.139. The summed E-state index contributed by atoms with van der Waals surface area (Å²) in [6, 6.07) is 17.4. The van der Waals surface area contributed by atoms with Crippen LogP contribution in [0.1, 0.15) is 29.8 Å². The predicted molar refractivity (Wildman–Crippen MR) is 108 cm³/mol. The summed E-state index contributed by atoms with van der Waals surface area (Å²) in [7, 11) is 1.60. The molecule has 0 bridgehead atoms. The molecule has 6 heteroatoms. The van der Waals surface area contributed by atoms with Gasteiger partial charge in [0.05, 0.1) is 13.7 Å². The van der Waals surface area contributed by atoms with Crippen LogP contribution in [0.2, 0.25) is 0 Å². The van der Waals surface area contributed by atoms with Gasteiger partial charge >= 0.3 is 0 Å². The number of oxazole rings is 1. The van der Waals surface area contributed by atoms with E-state index in [-0.39, 0.29) is 5.91 Å². The second-order valence-electron chi connectivity index (χ2n) is 7.09. The highest BCUT2D eigenvalue weighted by molar-refractivity contribution is 5.81. The van der Waals surface area contributed by atoms with Crippen molar-refractivity contribution in [1.82, 2.24) is 9.88 Å². The van der Waals surface area contributed by atoms with E-state index in [0.717, 1.165) is 17.0 Å². The monoisotopic (exact) mass is 392 g/mol. The Bertz CT molecular complexity index is 984. The molecular weight excluding hydrogens is 368 g/mol. The number of ether oxygens (including phenoxy) is 2. The van der Waals surface area contributed by atoms with E-state index >= 15 is 0 Å². The van der Waals surface area contributed by atoms with Gasteiger partial charge in [-0.25, -0.2) is 4.98 Å². The maximum atomic E-state index is 12.9. The molecule has 6 nitrogen and oxygen atoms in total. The summed E-state index contributed by atoms with van der Waals surface area (Å²) in [5.41, 5.74) is 1.99. The Morgan fingerprint density at radius 2 is 1.97 bits per heavy atom. The van der Waals surface area contributed by atoms with Gasteiger partial charge in [-0.15, -0.1) is 0 Å². The second kappa shape index (κ2) is 8.39. The van der Waals surface area contributed by atoms with E-state index in [1.165, 1.54) is 0 Å². The van der Waals surface area contributed by atoms with Crippen LogP contribution in [0.4, 0.5) is 0 Å². The summed E-state index contributed by atoms with van der Waals surface area (Å²) in [6.07, 6.45) is 0.714. The van der Waals surface area contributed by atoms with E-state index in [0.29, 0.717) is 43.3 Å². The maximum Gasteiger partial charge on any atom is 0.263 e. The van der Waals surface area contributed by atoms with Gasteiger partial charge in [0.25, 0.3) is 5.91 Å². The number of carbonyl (C=O) groups is 1. The van der Waals surface area contributed by atoms with Gasteiger partial charge in [0.15, 0.2) is 12.0 Å². The lowest BCUT2D eigenvalue weighted by atomic mass is 10.1. The number of carbonyl (C=O) groups excluding carboxylic acids is 1. The zero-order chi connectivity index (χ0) is 20.2. The smallest absolute Gasteiger partial charge is 0.263 e. The minimum Gasteiger partial charge on any atom is -0.497 e. The molecule has 0 radical (unpaired) electrons. The average Bonchev–Trinajstić information content (AvgIpc) is 3.15. The molecule has 0 N–H and O–H groups in total. The zero-order valence-electron chi connectivity index (χ0n) is 16.6. The molecule has 1 aliphatic heterocycles. The first-order chi connectivity index (χ1) is 14.1. The van der Waals surface area contributed by atoms with Gasteiger partial charge in [0, 0.05) is 25.5 Å². The van der Waals surface area contributed by atoms with Crippen LogP contribution < -0.4 is 9.47 Å². The number of benzene rings is 2. The average molecular weight is 392 g/mol. The molecule has 2 heterocycles. The van der Waals surface area contributed by atoms with Crippen molar-refractivity contribution >= 4 is 5.91 Å². The Kier molecular flexibility index (Phi) is 5.51. The number of hydrogen-bond donors (Lipinski definition) is 0. The summed E-state index contributed by atoms with van der Waals surface area (Å²) < 4.78 is 17.0. The summed E-state index contributed by atoms with van der Waals surface area (Å²) >= 11 is 0. The molecule has 0 aliphatic carbocycles. The van der Waals surface area contributed by atoms with Crippen LogP contribution in [0.3, 0.4) is 0 Å². The standard InChI is InChI=1S/C23H24N2O4/c1-16(28-19-10-6-9-18(14-19)27-2)23(26)25-12-11-21-20(15-25)24-22(29-21)13-17-7-4-3-5-8-17/h3-10,14,16H,11-13,15H2,1-2H3. The highest BCUT2D eigenvalue weighted by Gasteiger charge is 2.29. The molecule has 0 saturated carbocycles.